The lowest BCUT2D eigenvalue weighted by atomic mass is 10.2. The summed E-state index contributed by atoms with van der Waals surface area (Å²) >= 11 is 6.95. The Kier molecular flexibility index (Phi) is 3.49. The molecule has 2 rings (SSSR count). The van der Waals surface area contributed by atoms with E-state index >= 15 is 0 Å². The molecule has 1 aliphatic heterocycles. The highest BCUT2D eigenvalue weighted by atomic mass is 35.5. The highest BCUT2D eigenvalue weighted by Crippen LogP contribution is 2.22. The van der Waals surface area contributed by atoms with Crippen molar-refractivity contribution in [1.29, 1.82) is 0 Å². The molecule has 0 aromatic carbocycles. The average Bonchev–Trinajstić information content (AvgIpc) is 2.78. The first-order chi connectivity index (χ1) is 8.09. The Morgan fingerprint density at radius 1 is 1.47 bits per heavy atom. The molecular weight excluding hydrogens is 266 g/mol. The number of rotatable bonds is 2. The molecule has 1 aromatic rings. The molecule has 6 nitrogen and oxygen atoms in total. The monoisotopic (exact) mass is 273 g/mol. The van der Waals surface area contributed by atoms with Gasteiger partial charge in [0.05, 0.1) is 5.88 Å². The summed E-state index contributed by atoms with van der Waals surface area (Å²) < 4.78 is 0. The molecule has 1 N–H and O–H groups in total. The summed E-state index contributed by atoms with van der Waals surface area (Å²) in [4.78, 5) is 24.2. The van der Waals surface area contributed by atoms with Crippen molar-refractivity contribution in [2.75, 3.05) is 11.6 Å². The zero-order chi connectivity index (χ0) is 12.4. The van der Waals surface area contributed by atoms with Crippen LogP contribution in [0.4, 0.5) is 0 Å². The third-order valence-corrected chi connectivity index (χ3v) is 3.49. The van der Waals surface area contributed by atoms with Crippen LogP contribution in [0.5, 0.6) is 0 Å². The van der Waals surface area contributed by atoms with Crippen LogP contribution in [0, 0.1) is 0 Å². The molecule has 1 aliphatic rings. The number of amides is 1. The minimum atomic E-state index is -1.01. The van der Waals surface area contributed by atoms with Crippen LogP contribution >= 0.6 is 23.4 Å². The Morgan fingerprint density at radius 2 is 2.24 bits per heavy atom. The van der Waals surface area contributed by atoms with Crippen LogP contribution in [0.15, 0.2) is 12.1 Å². The number of halogens is 1. The van der Waals surface area contributed by atoms with Gasteiger partial charge in [0.15, 0.2) is 10.8 Å². The molecule has 0 aliphatic carbocycles. The van der Waals surface area contributed by atoms with Crippen molar-refractivity contribution < 1.29 is 14.7 Å². The fraction of sp³-hybridized carbons (Fsp3) is 0.333. The molecule has 90 valence electrons. The molecule has 1 amide bonds. The predicted octanol–water partition coefficient (Wildman–Crippen LogP) is 0.730. The number of carboxylic acid groups (broad SMARTS) is 1. The Bertz CT molecular complexity index is 453. The van der Waals surface area contributed by atoms with E-state index in [9.17, 15) is 9.59 Å². The number of aliphatic carboxylic acids is 1. The topological polar surface area (TPSA) is 83.4 Å². The Hall–Kier alpha value is -1.34. The first kappa shape index (κ1) is 12.1. The molecule has 2 heterocycles. The second-order valence-corrected chi connectivity index (χ2v) is 4.76. The van der Waals surface area contributed by atoms with Crippen molar-refractivity contribution in [2.24, 2.45) is 0 Å². The zero-order valence-electron chi connectivity index (χ0n) is 8.54. The largest absolute Gasteiger partial charge is 0.480 e. The van der Waals surface area contributed by atoms with Crippen LogP contribution in [0.25, 0.3) is 0 Å². The number of carbonyl (C=O) groups is 2. The molecule has 0 spiro atoms. The number of carbonyl (C=O) groups excluding carboxylic acids is 1. The summed E-state index contributed by atoms with van der Waals surface area (Å²) in [5.74, 6) is -0.709. The van der Waals surface area contributed by atoms with Crippen molar-refractivity contribution in [1.82, 2.24) is 15.1 Å². The lowest BCUT2D eigenvalue weighted by Gasteiger charge is -2.19. The maximum atomic E-state index is 12.0. The van der Waals surface area contributed by atoms with Gasteiger partial charge in [0.1, 0.15) is 6.04 Å². The molecule has 1 atom stereocenters. The van der Waals surface area contributed by atoms with Crippen LogP contribution in [-0.4, -0.2) is 49.8 Å². The van der Waals surface area contributed by atoms with E-state index < -0.39 is 17.9 Å². The van der Waals surface area contributed by atoms with Gasteiger partial charge in [-0.2, -0.15) is 0 Å². The standard InChI is InChI=1S/C9H8ClN3O3S/c10-7-2-1-5(11-12-7)8(14)13-4-17-3-6(13)9(15)16/h1-2,6H,3-4H2,(H,15,16)/t6-/m0/s1. The van der Waals surface area contributed by atoms with Gasteiger partial charge in [-0.15, -0.1) is 22.0 Å². The lowest BCUT2D eigenvalue weighted by molar-refractivity contribution is -0.140. The summed E-state index contributed by atoms with van der Waals surface area (Å²) in [6.45, 7) is 0. The van der Waals surface area contributed by atoms with Crippen LogP contribution in [-0.2, 0) is 4.79 Å². The van der Waals surface area contributed by atoms with Crippen molar-refractivity contribution in [3.8, 4) is 0 Å². The zero-order valence-corrected chi connectivity index (χ0v) is 10.1. The van der Waals surface area contributed by atoms with E-state index in [1.54, 1.807) is 0 Å². The number of thioether (sulfide) groups is 1. The summed E-state index contributed by atoms with van der Waals surface area (Å²) in [6.07, 6.45) is 0. The van der Waals surface area contributed by atoms with Crippen LogP contribution in [0.1, 0.15) is 10.5 Å². The van der Waals surface area contributed by atoms with Crippen molar-refractivity contribution in [3.63, 3.8) is 0 Å². The number of aromatic nitrogens is 2. The number of carboxylic acids is 1. The van der Waals surface area contributed by atoms with Gasteiger partial charge < -0.3 is 10.0 Å². The quantitative estimate of drug-likeness (QED) is 0.855. The molecule has 0 saturated carbocycles. The van der Waals surface area contributed by atoms with E-state index in [0.717, 1.165) is 0 Å². The number of hydrogen-bond donors (Lipinski definition) is 1. The summed E-state index contributed by atoms with van der Waals surface area (Å²) in [7, 11) is 0. The molecule has 1 aromatic heterocycles. The van der Waals surface area contributed by atoms with E-state index in [1.807, 2.05) is 0 Å². The molecule has 0 bridgehead atoms. The van der Waals surface area contributed by atoms with Gasteiger partial charge in [-0.25, -0.2) is 4.79 Å². The van der Waals surface area contributed by atoms with Gasteiger partial charge in [0.2, 0.25) is 0 Å². The Morgan fingerprint density at radius 3 is 2.82 bits per heavy atom. The smallest absolute Gasteiger partial charge is 0.327 e. The minimum absolute atomic E-state index is 0.100. The van der Waals surface area contributed by atoms with Gasteiger partial charge in [-0.05, 0) is 12.1 Å². The van der Waals surface area contributed by atoms with E-state index in [4.69, 9.17) is 16.7 Å². The average molecular weight is 274 g/mol. The third kappa shape index (κ3) is 2.50. The van der Waals surface area contributed by atoms with Crippen molar-refractivity contribution >= 4 is 35.2 Å². The first-order valence-electron chi connectivity index (χ1n) is 4.70. The number of nitrogens with zero attached hydrogens (tertiary/aromatic N) is 3. The van der Waals surface area contributed by atoms with Crippen molar-refractivity contribution in [3.05, 3.63) is 23.0 Å². The fourth-order valence-corrected chi connectivity index (χ4v) is 2.67. The van der Waals surface area contributed by atoms with Crippen molar-refractivity contribution in [2.45, 2.75) is 6.04 Å². The number of hydrogen-bond acceptors (Lipinski definition) is 5. The van der Waals surface area contributed by atoms with Gasteiger partial charge in [-0.1, -0.05) is 11.6 Å². The van der Waals surface area contributed by atoms with E-state index in [1.165, 1.54) is 28.8 Å². The molecular formula is C9H8ClN3O3S. The fourth-order valence-electron chi connectivity index (χ4n) is 1.42. The molecule has 1 fully saturated rings. The third-order valence-electron chi connectivity index (χ3n) is 2.28. The molecule has 1 saturated heterocycles. The van der Waals surface area contributed by atoms with E-state index in [-0.39, 0.29) is 10.8 Å². The molecule has 0 radical (unpaired) electrons. The summed E-state index contributed by atoms with van der Waals surface area (Å²) in [5, 5.41) is 16.3. The van der Waals surface area contributed by atoms with E-state index in [0.29, 0.717) is 11.6 Å². The van der Waals surface area contributed by atoms with E-state index in [2.05, 4.69) is 10.2 Å². The second-order valence-electron chi connectivity index (χ2n) is 3.37. The lowest BCUT2D eigenvalue weighted by Crippen LogP contribution is -2.42. The molecule has 17 heavy (non-hydrogen) atoms. The van der Waals surface area contributed by atoms with Crippen LogP contribution < -0.4 is 0 Å². The SMILES string of the molecule is O=C(O)[C@@H]1CSCN1C(=O)c1ccc(Cl)nn1. The predicted molar refractivity (Wildman–Crippen MR) is 62.0 cm³/mol. The highest BCUT2D eigenvalue weighted by molar-refractivity contribution is 7.99. The highest BCUT2D eigenvalue weighted by Gasteiger charge is 2.35. The van der Waals surface area contributed by atoms with Gasteiger partial charge >= 0.3 is 5.97 Å². The van der Waals surface area contributed by atoms with Gasteiger partial charge in [0, 0.05) is 5.75 Å². The maximum absolute atomic E-state index is 12.0. The Labute approximate surface area is 106 Å². The normalized spacial score (nSPS) is 19.4. The summed E-state index contributed by atoms with van der Waals surface area (Å²) in [5.41, 5.74) is 0.100. The second kappa shape index (κ2) is 4.89. The van der Waals surface area contributed by atoms with Crippen LogP contribution in [0.2, 0.25) is 5.15 Å². The van der Waals surface area contributed by atoms with Gasteiger partial charge in [0.25, 0.3) is 5.91 Å². The minimum Gasteiger partial charge on any atom is -0.480 e. The molecule has 8 heteroatoms. The first-order valence-corrected chi connectivity index (χ1v) is 6.23. The maximum Gasteiger partial charge on any atom is 0.327 e. The summed E-state index contributed by atoms with van der Waals surface area (Å²) in [6, 6.07) is 2.07. The molecule has 0 unspecified atom stereocenters. The van der Waals surface area contributed by atoms with Crippen LogP contribution in [0.3, 0.4) is 0 Å². The Balaban J connectivity index is 2.19. The van der Waals surface area contributed by atoms with Gasteiger partial charge in [-0.3, -0.25) is 4.79 Å².